The fourth-order valence-corrected chi connectivity index (χ4v) is 5.38. The lowest BCUT2D eigenvalue weighted by Crippen LogP contribution is -2.41. The molecule has 23 heavy (non-hydrogen) atoms. The van der Waals surface area contributed by atoms with Gasteiger partial charge in [-0.1, -0.05) is 32.1 Å². The molecular formula is C19H29NO2S. The lowest BCUT2D eigenvalue weighted by molar-refractivity contribution is -0.126. The van der Waals surface area contributed by atoms with Crippen LogP contribution in [0.2, 0.25) is 0 Å². The molecule has 1 heterocycles. The number of thiophene rings is 1. The Bertz CT molecular complexity index is 525. The highest BCUT2D eigenvalue weighted by Crippen LogP contribution is 2.44. The second-order valence-electron chi connectivity index (χ2n) is 7.42. The van der Waals surface area contributed by atoms with Gasteiger partial charge in [0.25, 0.3) is 0 Å². The minimum Gasteiger partial charge on any atom is -0.388 e. The van der Waals surface area contributed by atoms with Crippen molar-refractivity contribution >= 4 is 17.2 Å². The molecule has 3 rings (SSSR count). The van der Waals surface area contributed by atoms with Crippen molar-refractivity contribution in [1.29, 1.82) is 0 Å². The average Bonchev–Trinajstić information content (AvgIpc) is 3.23. The number of carbonyl (C=O) groups excluding carboxylic acids is 1. The molecular weight excluding hydrogens is 306 g/mol. The summed E-state index contributed by atoms with van der Waals surface area (Å²) in [5.41, 5.74) is 0.0993. The minimum atomic E-state index is -0.399. The fraction of sp³-hybridized carbons (Fsp3) is 0.737. The van der Waals surface area contributed by atoms with Crippen LogP contribution in [0.4, 0.5) is 0 Å². The summed E-state index contributed by atoms with van der Waals surface area (Å²) >= 11 is 1.72. The molecule has 0 saturated heterocycles. The Morgan fingerprint density at radius 1 is 1.26 bits per heavy atom. The van der Waals surface area contributed by atoms with E-state index in [1.807, 2.05) is 13.0 Å². The van der Waals surface area contributed by atoms with Crippen molar-refractivity contribution in [2.45, 2.75) is 76.2 Å². The molecule has 1 atom stereocenters. The number of aliphatic hydroxyl groups is 1. The first-order chi connectivity index (χ1) is 11.1. The van der Waals surface area contributed by atoms with Crippen LogP contribution in [0.3, 0.4) is 0 Å². The van der Waals surface area contributed by atoms with Gasteiger partial charge in [0.2, 0.25) is 5.91 Å². The lowest BCUT2D eigenvalue weighted by Gasteiger charge is -2.30. The van der Waals surface area contributed by atoms with E-state index in [0.717, 1.165) is 37.1 Å². The SMILES string of the molecule is CC(O)c1ccc(C2(CNC(=O)C3CCCCC3)CCCC2)s1. The van der Waals surface area contributed by atoms with Crippen LogP contribution in [0.25, 0.3) is 0 Å². The molecule has 0 aliphatic heterocycles. The van der Waals surface area contributed by atoms with E-state index in [4.69, 9.17) is 0 Å². The quantitative estimate of drug-likeness (QED) is 0.842. The van der Waals surface area contributed by atoms with Gasteiger partial charge < -0.3 is 10.4 Å². The fourth-order valence-electron chi connectivity index (χ4n) is 4.19. The largest absolute Gasteiger partial charge is 0.388 e. The third-order valence-electron chi connectivity index (χ3n) is 5.70. The molecule has 1 amide bonds. The second-order valence-corrected chi connectivity index (χ2v) is 8.53. The van der Waals surface area contributed by atoms with E-state index in [2.05, 4.69) is 11.4 Å². The number of aliphatic hydroxyl groups excluding tert-OH is 1. The van der Waals surface area contributed by atoms with Crippen LogP contribution < -0.4 is 5.32 Å². The van der Waals surface area contributed by atoms with Gasteiger partial charge in [0.1, 0.15) is 0 Å². The predicted molar refractivity (Wildman–Crippen MR) is 94.7 cm³/mol. The maximum atomic E-state index is 12.5. The molecule has 2 saturated carbocycles. The van der Waals surface area contributed by atoms with Crippen LogP contribution in [-0.2, 0) is 10.2 Å². The summed E-state index contributed by atoms with van der Waals surface area (Å²) in [6, 6.07) is 4.22. The van der Waals surface area contributed by atoms with Crippen molar-refractivity contribution in [3.63, 3.8) is 0 Å². The zero-order chi connectivity index (χ0) is 16.3. The Morgan fingerprint density at radius 2 is 1.96 bits per heavy atom. The molecule has 0 aromatic carbocycles. The second kappa shape index (κ2) is 7.35. The molecule has 0 bridgehead atoms. The van der Waals surface area contributed by atoms with Crippen molar-refractivity contribution in [2.75, 3.05) is 6.54 Å². The van der Waals surface area contributed by atoms with E-state index in [0.29, 0.717) is 0 Å². The first-order valence-corrected chi connectivity index (χ1v) is 9.98. The van der Waals surface area contributed by atoms with Crippen LogP contribution in [0.5, 0.6) is 0 Å². The number of hydrogen-bond acceptors (Lipinski definition) is 3. The first-order valence-electron chi connectivity index (χ1n) is 9.17. The summed E-state index contributed by atoms with van der Waals surface area (Å²) in [5.74, 6) is 0.502. The van der Waals surface area contributed by atoms with E-state index in [1.54, 1.807) is 11.3 Å². The Morgan fingerprint density at radius 3 is 2.57 bits per heavy atom. The molecule has 2 aliphatic carbocycles. The van der Waals surface area contributed by atoms with E-state index in [-0.39, 0.29) is 17.2 Å². The molecule has 128 valence electrons. The first kappa shape index (κ1) is 17.0. The predicted octanol–water partition coefficient (Wildman–Crippen LogP) is 4.31. The normalized spacial score (nSPS) is 22.9. The zero-order valence-corrected chi connectivity index (χ0v) is 15.0. The van der Waals surface area contributed by atoms with Gasteiger partial charge in [-0.2, -0.15) is 0 Å². The van der Waals surface area contributed by atoms with Crippen molar-refractivity contribution < 1.29 is 9.90 Å². The number of rotatable bonds is 5. The van der Waals surface area contributed by atoms with Crippen LogP contribution >= 0.6 is 11.3 Å². The van der Waals surface area contributed by atoms with E-state index < -0.39 is 6.10 Å². The topological polar surface area (TPSA) is 49.3 Å². The highest BCUT2D eigenvalue weighted by Gasteiger charge is 2.38. The highest BCUT2D eigenvalue weighted by atomic mass is 32.1. The summed E-state index contributed by atoms with van der Waals surface area (Å²) in [4.78, 5) is 14.9. The smallest absolute Gasteiger partial charge is 0.223 e. The standard InChI is InChI=1S/C19H29NO2S/c1-14(21)16-9-10-17(23-16)19(11-5-6-12-19)13-20-18(22)15-7-3-2-4-8-15/h9-10,14-15,21H,2-8,11-13H2,1H3,(H,20,22). The maximum Gasteiger partial charge on any atom is 0.223 e. The molecule has 2 N–H and O–H groups in total. The van der Waals surface area contributed by atoms with Crippen molar-refractivity contribution in [3.05, 3.63) is 21.9 Å². The van der Waals surface area contributed by atoms with Gasteiger partial charge in [-0.3, -0.25) is 4.79 Å². The van der Waals surface area contributed by atoms with Crippen molar-refractivity contribution in [2.24, 2.45) is 5.92 Å². The van der Waals surface area contributed by atoms with Gasteiger partial charge in [0.05, 0.1) is 6.10 Å². The zero-order valence-electron chi connectivity index (χ0n) is 14.1. The van der Waals surface area contributed by atoms with Gasteiger partial charge in [-0.05, 0) is 44.7 Å². The number of hydrogen-bond donors (Lipinski definition) is 2. The molecule has 4 heteroatoms. The number of amides is 1. The van der Waals surface area contributed by atoms with Crippen LogP contribution in [-0.4, -0.2) is 17.6 Å². The molecule has 0 radical (unpaired) electrons. The molecule has 1 aromatic heterocycles. The monoisotopic (exact) mass is 335 g/mol. The van der Waals surface area contributed by atoms with Crippen molar-refractivity contribution in [3.8, 4) is 0 Å². The van der Waals surface area contributed by atoms with Crippen molar-refractivity contribution in [1.82, 2.24) is 5.32 Å². The van der Waals surface area contributed by atoms with E-state index in [1.165, 1.54) is 37.0 Å². The highest BCUT2D eigenvalue weighted by molar-refractivity contribution is 7.12. The Labute approximate surface area is 143 Å². The summed E-state index contributed by atoms with van der Waals surface area (Å²) in [5, 5.41) is 13.1. The third-order valence-corrected chi connectivity index (χ3v) is 7.20. The van der Waals surface area contributed by atoms with Gasteiger partial charge in [0, 0.05) is 27.6 Å². The van der Waals surface area contributed by atoms with E-state index >= 15 is 0 Å². The minimum absolute atomic E-state index is 0.0993. The van der Waals surface area contributed by atoms with Gasteiger partial charge in [-0.25, -0.2) is 0 Å². The van der Waals surface area contributed by atoms with Crippen LogP contribution in [0.15, 0.2) is 12.1 Å². The molecule has 2 fully saturated rings. The third kappa shape index (κ3) is 3.80. The Balaban J connectivity index is 1.67. The Hall–Kier alpha value is -0.870. The van der Waals surface area contributed by atoms with Gasteiger partial charge in [-0.15, -0.1) is 11.3 Å². The summed E-state index contributed by atoms with van der Waals surface area (Å²) in [6.45, 7) is 2.59. The average molecular weight is 336 g/mol. The number of carbonyl (C=O) groups is 1. The van der Waals surface area contributed by atoms with E-state index in [9.17, 15) is 9.90 Å². The Kier molecular flexibility index (Phi) is 5.42. The summed E-state index contributed by atoms with van der Waals surface area (Å²) in [7, 11) is 0. The molecule has 1 aromatic rings. The van der Waals surface area contributed by atoms with Gasteiger partial charge >= 0.3 is 0 Å². The molecule has 1 unspecified atom stereocenters. The molecule has 2 aliphatic rings. The molecule has 3 nitrogen and oxygen atoms in total. The summed E-state index contributed by atoms with van der Waals surface area (Å²) in [6.07, 6.45) is 10.2. The maximum absolute atomic E-state index is 12.5. The lowest BCUT2D eigenvalue weighted by atomic mass is 9.83. The van der Waals surface area contributed by atoms with Crippen LogP contribution in [0, 0.1) is 5.92 Å². The van der Waals surface area contributed by atoms with Gasteiger partial charge in [0.15, 0.2) is 0 Å². The number of nitrogens with one attached hydrogen (secondary N) is 1. The summed E-state index contributed by atoms with van der Waals surface area (Å²) < 4.78 is 0. The van der Waals surface area contributed by atoms with Crippen LogP contribution in [0.1, 0.15) is 80.6 Å². The molecule has 0 spiro atoms.